The van der Waals surface area contributed by atoms with Crippen LogP contribution in [0.5, 0.6) is 0 Å². The number of aryl methyl sites for hydroxylation is 1. The van der Waals surface area contributed by atoms with Crippen molar-refractivity contribution in [3.05, 3.63) is 29.6 Å². The average Bonchev–Trinajstić information content (AvgIpc) is 2.48. The van der Waals surface area contributed by atoms with Crippen LogP contribution in [0.3, 0.4) is 0 Å². The third-order valence-electron chi connectivity index (χ3n) is 1.53. The van der Waals surface area contributed by atoms with Crippen LogP contribution in [-0.2, 0) is 7.05 Å². The Kier molecular flexibility index (Phi) is 5.61. The molecule has 0 aliphatic carbocycles. The van der Waals surface area contributed by atoms with Crippen LogP contribution in [0, 0.1) is 0 Å². The second kappa shape index (κ2) is 6.19. The van der Waals surface area contributed by atoms with Gasteiger partial charge < -0.3 is 0 Å². The molecule has 0 aromatic carbocycles. The Hall–Kier alpha value is -1.31. The van der Waals surface area contributed by atoms with Gasteiger partial charge in [0.2, 0.25) is 0 Å². The van der Waals surface area contributed by atoms with Gasteiger partial charge in [0.05, 0.1) is 5.69 Å². The predicted octanol–water partition coefficient (Wildman–Crippen LogP) is 3.51. The van der Waals surface area contributed by atoms with Gasteiger partial charge in [-0.05, 0) is 19.9 Å². The highest BCUT2D eigenvalue weighted by Crippen LogP contribution is 2.11. The van der Waals surface area contributed by atoms with Crippen LogP contribution in [0.2, 0.25) is 0 Å². The molecule has 1 rings (SSSR count). The lowest BCUT2D eigenvalue weighted by Crippen LogP contribution is -1.86. The summed E-state index contributed by atoms with van der Waals surface area (Å²) in [5.74, 6) is 0. The maximum Gasteiger partial charge on any atom is 0.0922 e. The molecule has 1 aromatic rings. The first kappa shape index (κ1) is 12.7. The maximum atomic E-state index is 4.29. The van der Waals surface area contributed by atoms with Crippen LogP contribution >= 0.6 is 0 Å². The van der Waals surface area contributed by atoms with E-state index in [2.05, 4.69) is 31.6 Å². The van der Waals surface area contributed by atoms with Gasteiger partial charge in [-0.25, -0.2) is 0 Å². The number of hydrogen-bond acceptors (Lipinski definition) is 1. The molecular formula is C12H20N2. The minimum atomic E-state index is 0.993. The van der Waals surface area contributed by atoms with Crippen LogP contribution in [0.1, 0.15) is 39.0 Å². The van der Waals surface area contributed by atoms with Crippen molar-refractivity contribution in [3.63, 3.8) is 0 Å². The Morgan fingerprint density at radius 3 is 2.43 bits per heavy atom. The first-order chi connectivity index (χ1) is 6.63. The molecule has 0 unspecified atom stereocenters. The van der Waals surface area contributed by atoms with Gasteiger partial charge in [-0.3, -0.25) is 4.68 Å². The van der Waals surface area contributed by atoms with E-state index in [9.17, 15) is 0 Å². The molecular weight excluding hydrogens is 172 g/mol. The van der Waals surface area contributed by atoms with Crippen LogP contribution in [0.4, 0.5) is 0 Å². The molecule has 0 fully saturated rings. The summed E-state index contributed by atoms with van der Waals surface area (Å²) in [6.45, 7) is 11.8. The van der Waals surface area contributed by atoms with E-state index in [-0.39, 0.29) is 0 Å². The van der Waals surface area contributed by atoms with Crippen molar-refractivity contribution in [2.75, 3.05) is 0 Å². The van der Waals surface area contributed by atoms with Gasteiger partial charge in [0.1, 0.15) is 0 Å². The SMILES string of the molecule is C=Cc1cn(C)nc1C=C(C)C.CC. The summed E-state index contributed by atoms with van der Waals surface area (Å²) < 4.78 is 1.80. The minimum absolute atomic E-state index is 0.993. The quantitative estimate of drug-likeness (QED) is 0.701. The molecule has 0 spiro atoms. The number of aromatic nitrogens is 2. The zero-order valence-electron chi connectivity index (χ0n) is 9.83. The van der Waals surface area contributed by atoms with Crippen molar-refractivity contribution in [2.45, 2.75) is 27.7 Å². The summed E-state index contributed by atoms with van der Waals surface area (Å²) in [6.07, 6.45) is 5.83. The normalized spacial score (nSPS) is 8.64. The van der Waals surface area contributed by atoms with Crippen molar-refractivity contribution < 1.29 is 0 Å². The fraction of sp³-hybridized carbons (Fsp3) is 0.417. The van der Waals surface area contributed by atoms with E-state index in [4.69, 9.17) is 0 Å². The van der Waals surface area contributed by atoms with Crippen LogP contribution in [0.15, 0.2) is 18.3 Å². The van der Waals surface area contributed by atoms with Gasteiger partial charge in [0, 0.05) is 18.8 Å². The molecule has 2 heteroatoms. The third kappa shape index (κ3) is 3.60. The summed E-state index contributed by atoms with van der Waals surface area (Å²) in [5, 5.41) is 4.29. The summed E-state index contributed by atoms with van der Waals surface area (Å²) in [7, 11) is 1.91. The lowest BCUT2D eigenvalue weighted by Gasteiger charge is -1.89. The first-order valence-electron chi connectivity index (χ1n) is 4.94. The van der Waals surface area contributed by atoms with Gasteiger partial charge >= 0.3 is 0 Å². The Morgan fingerprint density at radius 2 is 2.00 bits per heavy atom. The number of allylic oxidation sites excluding steroid dienone is 1. The molecule has 0 aliphatic rings. The van der Waals surface area contributed by atoms with Crippen molar-refractivity contribution >= 4 is 12.2 Å². The van der Waals surface area contributed by atoms with Crippen LogP contribution in [-0.4, -0.2) is 9.78 Å². The Balaban J connectivity index is 0.000000791. The zero-order valence-corrected chi connectivity index (χ0v) is 9.83. The van der Waals surface area contributed by atoms with Gasteiger partial charge in [-0.2, -0.15) is 5.10 Å². The monoisotopic (exact) mass is 192 g/mol. The third-order valence-corrected chi connectivity index (χ3v) is 1.53. The van der Waals surface area contributed by atoms with Gasteiger partial charge in [-0.1, -0.05) is 32.1 Å². The molecule has 1 heterocycles. The number of rotatable bonds is 2. The molecule has 0 bridgehead atoms. The minimum Gasteiger partial charge on any atom is -0.275 e. The second-order valence-corrected chi connectivity index (χ2v) is 3.07. The molecule has 0 atom stereocenters. The highest BCUT2D eigenvalue weighted by Gasteiger charge is 1.99. The number of hydrogen-bond donors (Lipinski definition) is 0. The summed E-state index contributed by atoms with van der Waals surface area (Å²) in [4.78, 5) is 0. The highest BCUT2D eigenvalue weighted by atomic mass is 15.2. The Morgan fingerprint density at radius 1 is 1.43 bits per heavy atom. The van der Waals surface area contributed by atoms with Crippen molar-refractivity contribution in [2.24, 2.45) is 7.05 Å². The summed E-state index contributed by atoms with van der Waals surface area (Å²) >= 11 is 0. The molecule has 0 saturated heterocycles. The van der Waals surface area contributed by atoms with Crippen LogP contribution < -0.4 is 0 Å². The molecule has 14 heavy (non-hydrogen) atoms. The van der Waals surface area contributed by atoms with E-state index < -0.39 is 0 Å². The largest absolute Gasteiger partial charge is 0.275 e. The Bertz CT molecular complexity index is 315. The van der Waals surface area contributed by atoms with E-state index in [1.807, 2.05) is 33.2 Å². The zero-order chi connectivity index (χ0) is 11.1. The van der Waals surface area contributed by atoms with Crippen LogP contribution in [0.25, 0.3) is 12.2 Å². The summed E-state index contributed by atoms with van der Waals surface area (Å²) in [6, 6.07) is 0. The van der Waals surface area contributed by atoms with Crippen molar-refractivity contribution in [3.8, 4) is 0 Å². The molecule has 0 amide bonds. The molecule has 0 saturated carbocycles. The standard InChI is InChI=1S/C10H14N2.C2H6/c1-5-9-7-12(4)11-10(9)6-8(2)3;1-2/h5-7H,1H2,2-4H3;1-2H3. The molecule has 0 N–H and O–H groups in total. The second-order valence-electron chi connectivity index (χ2n) is 3.07. The molecule has 0 radical (unpaired) electrons. The van der Waals surface area contributed by atoms with E-state index in [0.29, 0.717) is 0 Å². The van der Waals surface area contributed by atoms with Crippen molar-refractivity contribution in [1.29, 1.82) is 0 Å². The van der Waals surface area contributed by atoms with E-state index in [0.717, 1.165) is 11.3 Å². The van der Waals surface area contributed by atoms with Gasteiger partial charge in [0.25, 0.3) is 0 Å². The van der Waals surface area contributed by atoms with Crippen molar-refractivity contribution in [1.82, 2.24) is 9.78 Å². The first-order valence-corrected chi connectivity index (χ1v) is 4.94. The maximum absolute atomic E-state index is 4.29. The smallest absolute Gasteiger partial charge is 0.0922 e. The lowest BCUT2D eigenvalue weighted by atomic mass is 10.2. The lowest BCUT2D eigenvalue weighted by molar-refractivity contribution is 0.764. The van der Waals surface area contributed by atoms with E-state index in [1.54, 1.807) is 4.68 Å². The predicted molar refractivity (Wildman–Crippen MR) is 64.0 cm³/mol. The highest BCUT2D eigenvalue weighted by molar-refractivity contribution is 5.61. The fourth-order valence-corrected chi connectivity index (χ4v) is 1.07. The molecule has 78 valence electrons. The van der Waals surface area contributed by atoms with Gasteiger partial charge in [-0.15, -0.1) is 0 Å². The summed E-state index contributed by atoms with van der Waals surface area (Å²) in [5.41, 5.74) is 3.32. The van der Waals surface area contributed by atoms with Gasteiger partial charge in [0.15, 0.2) is 0 Å². The average molecular weight is 192 g/mol. The molecule has 1 aromatic heterocycles. The number of nitrogens with zero attached hydrogens (tertiary/aromatic N) is 2. The molecule has 0 aliphatic heterocycles. The van der Waals surface area contributed by atoms with E-state index >= 15 is 0 Å². The fourth-order valence-electron chi connectivity index (χ4n) is 1.07. The van der Waals surface area contributed by atoms with E-state index in [1.165, 1.54) is 5.57 Å². The Labute approximate surface area is 86.9 Å². The topological polar surface area (TPSA) is 17.8 Å². The molecule has 2 nitrogen and oxygen atoms in total.